The number of aliphatic carboxylic acids is 1. The second-order valence-electron chi connectivity index (χ2n) is 44.3. The number of nitrogens with two attached hydrogens (primary N) is 14. The summed E-state index contributed by atoms with van der Waals surface area (Å²) in [6.07, 6.45) is -0.803. The summed E-state index contributed by atoms with van der Waals surface area (Å²) in [7, 11) is 0. The van der Waals surface area contributed by atoms with Gasteiger partial charge in [-0.05, 0) is 275 Å². The van der Waals surface area contributed by atoms with Gasteiger partial charge < -0.3 is 169 Å². The fourth-order valence-corrected chi connectivity index (χ4v) is 7.68. The maximum atomic E-state index is 11.6. The number of primary amides is 1. The summed E-state index contributed by atoms with van der Waals surface area (Å²) in [6, 6.07) is -6.95. The van der Waals surface area contributed by atoms with E-state index in [0.717, 1.165) is 0 Å². The Hall–Kier alpha value is -7.61. The molecule has 0 aromatic rings. The van der Waals surface area contributed by atoms with Gasteiger partial charge in [0.05, 0.1) is 60.5 Å². The van der Waals surface area contributed by atoms with Crippen molar-refractivity contribution in [2.75, 3.05) is 39.4 Å². The average molecular weight is 1910 g/mol. The van der Waals surface area contributed by atoms with Crippen LogP contribution < -0.4 is 139 Å². The number of hydrogen-bond acceptors (Lipinski definition) is 31. The maximum Gasteiger partial charge on any atom is 0.330 e. The second kappa shape index (κ2) is 66.0. The lowest BCUT2D eigenvalue weighted by Gasteiger charge is -2.28. The van der Waals surface area contributed by atoms with Crippen LogP contribution in [0.15, 0.2) is 0 Å². The zero-order valence-corrected chi connectivity index (χ0v) is 88.7. The Balaban J connectivity index is -0.000000136. The van der Waals surface area contributed by atoms with Crippen LogP contribution in [0.4, 0.5) is 0 Å². The summed E-state index contributed by atoms with van der Waals surface area (Å²) in [5.41, 5.74) is 69.5. The molecule has 788 valence electrons. The number of amides is 12. The minimum Gasteiger partial charge on any atom is -0.480 e. The van der Waals surface area contributed by atoms with Crippen molar-refractivity contribution in [3.63, 3.8) is 0 Å². The molecule has 0 bridgehead atoms. The highest BCUT2D eigenvalue weighted by Gasteiger charge is 2.34. The molecular formula is C88H197N25O19. The first-order chi connectivity index (χ1) is 57.9. The van der Waals surface area contributed by atoms with Gasteiger partial charge in [-0.25, -0.2) is 4.79 Å². The van der Waals surface area contributed by atoms with E-state index in [1.165, 1.54) is 27.7 Å². The summed E-state index contributed by atoms with van der Waals surface area (Å²) >= 11 is 0. The van der Waals surface area contributed by atoms with Gasteiger partial charge in [-0.15, -0.1) is 0 Å². The predicted molar refractivity (Wildman–Crippen MR) is 527 cm³/mol. The van der Waals surface area contributed by atoms with Crippen molar-refractivity contribution in [3.8, 4) is 0 Å². The number of carboxylic acids is 1. The highest BCUT2D eigenvalue weighted by Crippen LogP contribution is 2.14. The van der Waals surface area contributed by atoms with E-state index in [-0.39, 0.29) is 148 Å². The first-order valence-electron chi connectivity index (χ1n) is 43.9. The van der Waals surface area contributed by atoms with Crippen LogP contribution >= 0.6 is 0 Å². The Morgan fingerprint density at radius 2 is 0.576 bits per heavy atom. The molecule has 3 unspecified atom stereocenters. The molecule has 132 heavy (non-hydrogen) atoms. The Labute approximate surface area is 791 Å². The standard InChI is InChI=1S/C10H22N2O.C9H20N2O2.C9H20N2O.4C8H18N2O2.C7H15N3O2.2C7H17N3O.C7H14N2O3/c1-7(2)8(6-11)9(13)12-10(3,4)5;1-8(2,3)11-7(12)6(10)9(4,5)13;1-6-9(5,10)7(12)11-8(2,3)4;1-8(2,3)10-7(12)6(4-9)5-11;1-8(2,3)10-7(12)4-6(9)5-11;2*1-5(11)6(9)7(12)10-8(2,3)4;1-7(2,3)10-6(12)4(8)5(9)11;2*1-7(2,3)10-6(11)5(9)4-8;1-7(2,3)9-5(10)4(8)6(11)12/h7-8H,6,11H2,1-5H3,(H,12,13);6,13H,10H2,1-5H3,(H,11,12);6,10H2,1-5H3,(H,11,12);2*6,11H,4-5,9H2,1-3H3,(H,10,12);2*5-6,11H,9H2,1-4H3,(H,10,12);4H,8H2,1-3H3,(H2,9,11)(H,10,12);2*5H,4,8-9H2,1-3H3,(H,10,11);4H,8H2,1-3H3,(H,9,10)(H,11,12)/t;6-;9-;2*6-;5-,6+;5-,6-;;2*5-;/m.101010.10./s1. The lowest BCUT2D eigenvalue weighted by Crippen LogP contribution is -2.57. The zero-order chi connectivity index (χ0) is 109. The van der Waals surface area contributed by atoms with Gasteiger partial charge >= 0.3 is 5.97 Å². The smallest absolute Gasteiger partial charge is 0.330 e. The molecule has 45 N–H and O–H groups in total. The highest BCUT2D eigenvalue weighted by atomic mass is 16.4. The molecular weight excluding hydrogens is 1710 g/mol. The molecule has 44 heteroatoms. The summed E-state index contributed by atoms with van der Waals surface area (Å²) in [5, 5.41) is 82.9. The summed E-state index contributed by atoms with van der Waals surface area (Å²) in [4.78, 5) is 144. The third kappa shape index (κ3) is 99.9. The summed E-state index contributed by atoms with van der Waals surface area (Å²) < 4.78 is 0. The number of carbonyl (C=O) groups is 13. The molecule has 12 amide bonds. The van der Waals surface area contributed by atoms with Gasteiger partial charge in [0.15, 0.2) is 12.1 Å². The van der Waals surface area contributed by atoms with Gasteiger partial charge in [0.1, 0.15) is 18.1 Å². The molecule has 0 rings (SSSR count). The second-order valence-corrected chi connectivity index (χ2v) is 44.3. The Bertz CT molecular complexity index is 3120. The third-order valence-corrected chi connectivity index (χ3v) is 14.7. The quantitative estimate of drug-likeness (QED) is 0.0402. The number of aliphatic hydroxyl groups excluding tert-OH is 4. The fourth-order valence-electron chi connectivity index (χ4n) is 7.68. The average Bonchev–Trinajstić information content (AvgIpc) is 0.799. The van der Waals surface area contributed by atoms with Crippen LogP contribution in [0.25, 0.3) is 0 Å². The summed E-state index contributed by atoms with van der Waals surface area (Å²) in [6.45, 7) is 76.1. The normalized spacial score (nSPS) is 14.9. The zero-order valence-electron chi connectivity index (χ0n) is 88.7. The minimum atomic E-state index is -1.48. The first kappa shape index (κ1) is 147. The Morgan fingerprint density at radius 3 is 0.780 bits per heavy atom. The molecule has 0 aliphatic carbocycles. The number of hydrogen-bond donors (Lipinski definition) is 31. The fraction of sp³-hybridized carbons (Fsp3) is 0.852. The van der Waals surface area contributed by atoms with Crippen LogP contribution in [-0.2, 0) is 62.3 Å². The molecule has 0 aromatic carbocycles. The van der Waals surface area contributed by atoms with Crippen molar-refractivity contribution in [1.82, 2.24) is 58.5 Å². The molecule has 0 spiro atoms. The van der Waals surface area contributed by atoms with E-state index in [2.05, 4.69) is 58.5 Å². The van der Waals surface area contributed by atoms with Crippen molar-refractivity contribution in [2.45, 2.75) is 429 Å². The van der Waals surface area contributed by atoms with Crippen LogP contribution in [0.2, 0.25) is 0 Å². The van der Waals surface area contributed by atoms with Crippen molar-refractivity contribution in [1.29, 1.82) is 0 Å². The first-order valence-corrected chi connectivity index (χ1v) is 43.9. The van der Waals surface area contributed by atoms with E-state index in [1.807, 2.05) is 208 Å². The maximum absolute atomic E-state index is 11.6. The van der Waals surface area contributed by atoms with Crippen LogP contribution in [0.1, 0.15) is 297 Å². The Morgan fingerprint density at radius 1 is 0.326 bits per heavy atom. The van der Waals surface area contributed by atoms with Crippen molar-refractivity contribution in [2.24, 2.45) is 98.0 Å². The largest absolute Gasteiger partial charge is 0.480 e. The highest BCUT2D eigenvalue weighted by molar-refractivity contribution is 6.03. The Kier molecular flexibility index (Phi) is 73.6. The van der Waals surface area contributed by atoms with Crippen molar-refractivity contribution < 1.29 is 93.0 Å². The van der Waals surface area contributed by atoms with Gasteiger partial charge in [-0.3, -0.25) is 57.5 Å². The topological polar surface area (TPSA) is 840 Å². The predicted octanol–water partition coefficient (Wildman–Crippen LogP) is -3.14. The van der Waals surface area contributed by atoms with Gasteiger partial charge in [-0.1, -0.05) is 20.8 Å². The van der Waals surface area contributed by atoms with E-state index < -0.39 is 112 Å². The van der Waals surface area contributed by atoms with Crippen LogP contribution in [0.5, 0.6) is 0 Å². The molecule has 0 aromatic heterocycles. The van der Waals surface area contributed by atoms with Crippen LogP contribution in [0, 0.1) is 17.8 Å². The lowest BCUT2D eigenvalue weighted by atomic mass is 9.94. The van der Waals surface area contributed by atoms with E-state index in [1.54, 1.807) is 48.5 Å². The number of rotatable bonds is 25. The SMILES string of the molecule is CC(C)(C)NC(=O)C(N)C(=O)O.CC(C)(C)NC(=O)C(N)C(N)=O.CC(C)(C)NC(=O)C[C@H](N)CO.CC(C)(C)NC(=O)[C@@H](N)C(C)(C)O.CC(C)(C)NC(=O)[C@@H](N)CN.CC(C)(C)NC(=O)[C@H](CN)CO.CC(C)(C)NC(=O)[C@H](N)CN.CC(C)C(CN)C(=O)NC(C)(C)C.CC[C@](C)(N)C(=O)NC(C)(C)C.C[C@@H](O)[C@H](N)C(=O)NC(C)(C)C.C[C@H](O)[C@H](N)C(=O)NC(C)(C)C. The number of nitrogens with one attached hydrogen (secondary N) is 11. The van der Waals surface area contributed by atoms with Gasteiger partial charge in [0.25, 0.3) is 0 Å². The molecule has 0 saturated carbocycles. The molecule has 0 aliphatic rings. The molecule has 0 saturated heterocycles. The van der Waals surface area contributed by atoms with Gasteiger partial charge in [-0.2, -0.15) is 0 Å². The molecule has 0 fully saturated rings. The van der Waals surface area contributed by atoms with Gasteiger partial charge in [0.2, 0.25) is 70.9 Å². The van der Waals surface area contributed by atoms with Crippen LogP contribution in [-0.4, -0.2) is 279 Å². The molecule has 0 heterocycles. The lowest BCUT2D eigenvalue weighted by molar-refractivity contribution is -0.143. The van der Waals surface area contributed by atoms with E-state index in [4.69, 9.17) is 106 Å². The summed E-state index contributed by atoms with van der Waals surface area (Å²) in [5.74, 6) is -5.32. The molecule has 44 nitrogen and oxygen atoms in total. The minimum absolute atomic E-state index is 0.0602. The molecule has 0 radical (unpaired) electrons. The van der Waals surface area contributed by atoms with Gasteiger partial charge in [0, 0.05) is 99.6 Å². The molecule has 13 atom stereocenters. The monoisotopic (exact) mass is 1910 g/mol. The van der Waals surface area contributed by atoms with Crippen LogP contribution in [0.3, 0.4) is 0 Å². The van der Waals surface area contributed by atoms with E-state index >= 15 is 0 Å². The third-order valence-electron chi connectivity index (χ3n) is 14.7. The molecule has 0 aliphatic heterocycles. The number of carboxylic acid groups (broad SMARTS) is 1. The van der Waals surface area contributed by atoms with Crippen molar-refractivity contribution in [3.05, 3.63) is 0 Å². The van der Waals surface area contributed by atoms with E-state index in [9.17, 15) is 67.4 Å². The van der Waals surface area contributed by atoms with E-state index in [0.29, 0.717) is 18.9 Å². The number of aliphatic hydroxyl groups is 5. The van der Waals surface area contributed by atoms with Crippen molar-refractivity contribution >= 4 is 76.9 Å². The number of carbonyl (C=O) groups excluding carboxylic acids is 12.